The number of aliphatic carboxylic acids is 1. The molecule has 0 radical (unpaired) electrons. The van der Waals surface area contributed by atoms with E-state index in [0.29, 0.717) is 17.2 Å². The molecule has 0 unspecified atom stereocenters. The van der Waals surface area contributed by atoms with Crippen molar-refractivity contribution in [2.45, 2.75) is 12.8 Å². The monoisotopic (exact) mass is 340 g/mol. The average Bonchev–Trinajstić information content (AvgIpc) is 2.52. The molecule has 0 aliphatic carbocycles. The van der Waals surface area contributed by atoms with Crippen molar-refractivity contribution < 1.29 is 24.2 Å². The fraction of sp³-hybridized carbons (Fsp3) is 0.400. The third-order valence-corrected chi connectivity index (χ3v) is 3.70. The Hall–Kier alpha value is -2.22. The summed E-state index contributed by atoms with van der Waals surface area (Å²) in [4.78, 5) is 33.4. The van der Waals surface area contributed by atoms with Crippen molar-refractivity contribution in [3.8, 4) is 5.75 Å². The largest absolute Gasteiger partial charge is 0.497 e. The molecular weight excluding hydrogens is 320 g/mol. The third kappa shape index (κ3) is 8.72. The first-order chi connectivity index (χ1) is 11.0. The lowest BCUT2D eigenvalue weighted by Crippen LogP contribution is -2.26. The second kappa shape index (κ2) is 10.5. The van der Waals surface area contributed by atoms with Crippen LogP contribution in [-0.2, 0) is 14.4 Å². The van der Waals surface area contributed by atoms with E-state index in [9.17, 15) is 14.4 Å². The number of anilines is 1. The average molecular weight is 340 g/mol. The molecule has 23 heavy (non-hydrogen) atoms. The van der Waals surface area contributed by atoms with Crippen molar-refractivity contribution in [3.63, 3.8) is 0 Å². The van der Waals surface area contributed by atoms with Gasteiger partial charge in [0.25, 0.3) is 0 Å². The summed E-state index contributed by atoms with van der Waals surface area (Å²) in [6.07, 6.45) is 0.156. The molecule has 1 aromatic rings. The number of thioether (sulfide) groups is 1. The summed E-state index contributed by atoms with van der Waals surface area (Å²) in [5.41, 5.74) is 0.683. The molecule has 2 amide bonds. The Kier molecular flexibility index (Phi) is 8.59. The van der Waals surface area contributed by atoms with E-state index in [-0.39, 0.29) is 37.0 Å². The van der Waals surface area contributed by atoms with Crippen LogP contribution in [0, 0.1) is 0 Å². The van der Waals surface area contributed by atoms with Gasteiger partial charge in [-0.25, -0.2) is 0 Å². The highest BCUT2D eigenvalue weighted by atomic mass is 32.2. The molecule has 1 rings (SSSR count). The Morgan fingerprint density at radius 1 is 1.13 bits per heavy atom. The van der Waals surface area contributed by atoms with Gasteiger partial charge in [-0.3, -0.25) is 14.4 Å². The van der Waals surface area contributed by atoms with E-state index in [1.165, 1.54) is 11.8 Å². The first kappa shape index (κ1) is 18.8. The Morgan fingerprint density at radius 3 is 2.43 bits per heavy atom. The SMILES string of the molecule is COc1ccc(NC(=O)CSCCC(=O)NCCC(=O)O)cc1. The van der Waals surface area contributed by atoms with Crippen LogP contribution in [0.2, 0.25) is 0 Å². The van der Waals surface area contributed by atoms with Crippen LogP contribution in [0.3, 0.4) is 0 Å². The highest BCUT2D eigenvalue weighted by Crippen LogP contribution is 2.15. The minimum absolute atomic E-state index is 0.0941. The van der Waals surface area contributed by atoms with Crippen LogP contribution in [0.25, 0.3) is 0 Å². The molecule has 0 saturated heterocycles. The van der Waals surface area contributed by atoms with Crippen LogP contribution in [0.4, 0.5) is 5.69 Å². The number of rotatable bonds is 10. The van der Waals surface area contributed by atoms with Gasteiger partial charge in [0.05, 0.1) is 19.3 Å². The lowest BCUT2D eigenvalue weighted by molar-refractivity contribution is -0.137. The molecule has 0 aliphatic heterocycles. The first-order valence-corrected chi connectivity index (χ1v) is 8.17. The fourth-order valence-electron chi connectivity index (χ4n) is 1.60. The van der Waals surface area contributed by atoms with E-state index in [4.69, 9.17) is 9.84 Å². The summed E-state index contributed by atoms with van der Waals surface area (Å²) < 4.78 is 5.03. The van der Waals surface area contributed by atoms with Gasteiger partial charge in [0.15, 0.2) is 0 Å². The summed E-state index contributed by atoms with van der Waals surface area (Å²) >= 11 is 1.34. The minimum atomic E-state index is -0.949. The minimum Gasteiger partial charge on any atom is -0.497 e. The van der Waals surface area contributed by atoms with Crippen LogP contribution in [0.1, 0.15) is 12.8 Å². The summed E-state index contributed by atoms with van der Waals surface area (Å²) in [5.74, 6) is 0.144. The maximum absolute atomic E-state index is 11.7. The molecule has 7 nitrogen and oxygen atoms in total. The number of carbonyl (C=O) groups is 3. The van der Waals surface area contributed by atoms with Crippen LogP contribution in [-0.4, -0.2) is 48.1 Å². The van der Waals surface area contributed by atoms with Crippen molar-refractivity contribution in [1.82, 2.24) is 5.32 Å². The molecule has 0 bridgehead atoms. The Morgan fingerprint density at radius 2 is 1.83 bits per heavy atom. The van der Waals surface area contributed by atoms with Crippen LogP contribution in [0.5, 0.6) is 5.75 Å². The van der Waals surface area contributed by atoms with Gasteiger partial charge in [-0.2, -0.15) is 11.8 Å². The fourth-order valence-corrected chi connectivity index (χ4v) is 2.33. The van der Waals surface area contributed by atoms with Gasteiger partial charge >= 0.3 is 5.97 Å². The third-order valence-electron chi connectivity index (χ3n) is 2.74. The summed E-state index contributed by atoms with van der Waals surface area (Å²) in [5, 5.41) is 13.7. The van der Waals surface area contributed by atoms with Crippen molar-refractivity contribution in [2.75, 3.05) is 30.5 Å². The molecule has 0 saturated carbocycles. The van der Waals surface area contributed by atoms with Crippen molar-refractivity contribution in [2.24, 2.45) is 0 Å². The number of hydrogen-bond donors (Lipinski definition) is 3. The van der Waals surface area contributed by atoms with Crippen LogP contribution < -0.4 is 15.4 Å². The first-order valence-electron chi connectivity index (χ1n) is 7.01. The quantitative estimate of drug-likeness (QED) is 0.555. The summed E-state index contributed by atoms with van der Waals surface area (Å²) in [7, 11) is 1.57. The van der Waals surface area contributed by atoms with Crippen molar-refractivity contribution >= 4 is 35.2 Å². The molecule has 0 heterocycles. The highest BCUT2D eigenvalue weighted by Gasteiger charge is 2.06. The normalized spacial score (nSPS) is 9.96. The van der Waals surface area contributed by atoms with E-state index >= 15 is 0 Å². The Bertz CT molecular complexity index is 533. The smallest absolute Gasteiger partial charge is 0.305 e. The predicted octanol–water partition coefficient (Wildman–Crippen LogP) is 1.35. The zero-order valence-electron chi connectivity index (χ0n) is 12.8. The number of carbonyl (C=O) groups excluding carboxylic acids is 2. The molecular formula is C15H20N2O5S. The lowest BCUT2D eigenvalue weighted by Gasteiger charge is -2.06. The molecule has 8 heteroatoms. The van der Waals surface area contributed by atoms with Crippen LogP contribution >= 0.6 is 11.8 Å². The number of hydrogen-bond acceptors (Lipinski definition) is 5. The maximum atomic E-state index is 11.7. The van der Waals surface area contributed by atoms with E-state index < -0.39 is 5.97 Å². The number of nitrogens with one attached hydrogen (secondary N) is 2. The molecule has 3 N–H and O–H groups in total. The lowest BCUT2D eigenvalue weighted by atomic mass is 10.3. The molecule has 0 aromatic heterocycles. The maximum Gasteiger partial charge on any atom is 0.305 e. The molecule has 0 spiro atoms. The van der Waals surface area contributed by atoms with E-state index in [1.807, 2.05) is 0 Å². The predicted molar refractivity (Wildman–Crippen MR) is 88.8 cm³/mol. The Labute approximate surface area is 138 Å². The number of carboxylic acid groups (broad SMARTS) is 1. The standard InChI is InChI=1S/C15H20N2O5S/c1-22-12-4-2-11(3-5-12)17-14(19)10-23-9-7-13(18)16-8-6-15(20)21/h2-5H,6-10H2,1H3,(H,16,18)(H,17,19)(H,20,21). The summed E-state index contributed by atoms with van der Waals surface area (Å²) in [6.45, 7) is 0.122. The second-order valence-corrected chi connectivity index (χ2v) is 5.68. The van der Waals surface area contributed by atoms with Crippen molar-refractivity contribution in [1.29, 1.82) is 0 Å². The topological polar surface area (TPSA) is 105 Å². The zero-order valence-corrected chi connectivity index (χ0v) is 13.6. The zero-order chi connectivity index (χ0) is 17.1. The van der Waals surface area contributed by atoms with Gasteiger partial charge in [0.2, 0.25) is 11.8 Å². The number of carboxylic acids is 1. The molecule has 1 aromatic carbocycles. The number of amides is 2. The molecule has 126 valence electrons. The van der Waals surface area contributed by atoms with E-state index in [1.54, 1.807) is 31.4 Å². The van der Waals surface area contributed by atoms with Crippen LogP contribution in [0.15, 0.2) is 24.3 Å². The van der Waals surface area contributed by atoms with Gasteiger partial charge in [0.1, 0.15) is 5.75 Å². The van der Waals surface area contributed by atoms with Gasteiger partial charge in [-0.1, -0.05) is 0 Å². The highest BCUT2D eigenvalue weighted by molar-refractivity contribution is 7.99. The number of benzene rings is 1. The molecule has 0 atom stereocenters. The van der Waals surface area contributed by atoms with Gasteiger partial charge in [-0.05, 0) is 24.3 Å². The molecule has 0 fully saturated rings. The van der Waals surface area contributed by atoms with E-state index in [0.717, 1.165) is 0 Å². The second-order valence-electron chi connectivity index (χ2n) is 4.57. The van der Waals surface area contributed by atoms with Gasteiger partial charge in [0, 0.05) is 24.4 Å². The van der Waals surface area contributed by atoms with Gasteiger partial charge in [-0.15, -0.1) is 0 Å². The Balaban J connectivity index is 2.13. The molecule has 0 aliphatic rings. The number of ether oxygens (including phenoxy) is 1. The number of methoxy groups -OCH3 is 1. The summed E-state index contributed by atoms with van der Waals surface area (Å²) in [6, 6.07) is 7.00. The van der Waals surface area contributed by atoms with Crippen molar-refractivity contribution in [3.05, 3.63) is 24.3 Å². The van der Waals surface area contributed by atoms with Gasteiger partial charge < -0.3 is 20.5 Å². The van der Waals surface area contributed by atoms with E-state index in [2.05, 4.69) is 10.6 Å².